The number of hydrogen-bond donors (Lipinski definition) is 1. The van der Waals surface area contributed by atoms with Crippen molar-refractivity contribution in [1.29, 1.82) is 0 Å². The molecule has 242 valence electrons. The van der Waals surface area contributed by atoms with E-state index < -0.39 is 0 Å². The van der Waals surface area contributed by atoms with Gasteiger partial charge in [0.05, 0.1) is 24.6 Å². The molecule has 0 amide bonds. The van der Waals surface area contributed by atoms with Gasteiger partial charge in [-0.3, -0.25) is 4.84 Å². The fourth-order valence-corrected chi connectivity index (χ4v) is 5.03. The lowest BCUT2D eigenvalue weighted by Gasteiger charge is -2.38. The molecular formula is C33H43ClFN7O3. The van der Waals surface area contributed by atoms with E-state index in [-0.39, 0.29) is 18.0 Å². The number of carbonyl (C=O) groups is 1. The van der Waals surface area contributed by atoms with Crippen molar-refractivity contribution in [2.24, 2.45) is 0 Å². The van der Waals surface area contributed by atoms with E-state index in [1.54, 1.807) is 36.3 Å². The monoisotopic (exact) mass is 639 g/mol. The largest absolute Gasteiger partial charge is 0.494 e. The molecule has 2 aromatic carbocycles. The third kappa shape index (κ3) is 8.36. The molecule has 0 fully saturated rings. The molecule has 0 spiro atoms. The number of benzene rings is 2. The molecule has 0 saturated carbocycles. The Balaban J connectivity index is 0.00000133. The van der Waals surface area contributed by atoms with Gasteiger partial charge in [-0.25, -0.2) is 14.4 Å². The average Bonchev–Trinajstić information content (AvgIpc) is 3.51. The Kier molecular flexibility index (Phi) is 13.3. The summed E-state index contributed by atoms with van der Waals surface area (Å²) in [5.41, 5.74) is 4.34. The highest BCUT2D eigenvalue weighted by molar-refractivity contribution is 6.29. The van der Waals surface area contributed by atoms with E-state index in [1.165, 1.54) is 12.1 Å². The molecule has 1 N–H and O–H groups in total. The van der Waals surface area contributed by atoms with Crippen LogP contribution in [-0.4, -0.2) is 64.7 Å². The van der Waals surface area contributed by atoms with Crippen molar-refractivity contribution >= 4 is 35.8 Å². The highest BCUT2D eigenvalue weighted by atomic mass is 35.5. The second-order valence-corrected chi connectivity index (χ2v) is 10.4. The fourth-order valence-electron chi connectivity index (χ4n) is 4.88. The van der Waals surface area contributed by atoms with Crippen LogP contribution in [-0.2, 0) is 16.1 Å². The molecule has 10 nitrogen and oxygen atoms in total. The Morgan fingerprint density at radius 1 is 1.16 bits per heavy atom. The number of anilines is 3. The van der Waals surface area contributed by atoms with Crippen molar-refractivity contribution in [1.82, 2.24) is 24.6 Å². The van der Waals surface area contributed by atoms with Crippen molar-refractivity contribution in [3.8, 4) is 11.4 Å². The topological polar surface area (TPSA) is 97.6 Å². The number of imidazole rings is 1. The fraction of sp³-hybridized carbons (Fsp3) is 0.394. The number of nitrogens with one attached hydrogen (secondary N) is 1. The van der Waals surface area contributed by atoms with Gasteiger partial charge in [0.2, 0.25) is 5.95 Å². The first-order chi connectivity index (χ1) is 21.8. The lowest BCUT2D eigenvalue weighted by atomic mass is 9.93. The number of methoxy groups -OCH3 is 1. The maximum absolute atomic E-state index is 13.9. The molecule has 45 heavy (non-hydrogen) atoms. The van der Waals surface area contributed by atoms with E-state index in [4.69, 9.17) is 35.9 Å². The molecule has 2 aromatic heterocycles. The molecule has 0 saturated heterocycles. The molecule has 2 unspecified atom stereocenters. The van der Waals surface area contributed by atoms with Gasteiger partial charge in [0.1, 0.15) is 41.7 Å². The molecule has 0 radical (unpaired) electrons. The second-order valence-electron chi connectivity index (χ2n) is 10.0. The molecule has 0 bridgehead atoms. The maximum Gasteiger partial charge on any atom is 0.229 e. The standard InChI is InChI=1S/C30H35ClFN7O2.C2H6.CH2O/c1-6-19(3)41-39-15-14-23-27(28(39)20-8-10-21(32)11-9-20)35-30(36-29(23)37(4)7-2)34-22-12-13-24(25(16-22)40-5)38-17-26(31)33-18-38;2*1-2/h8-13,16-19,28H,6-7,14-15H2,1-5H3,(H,34,35,36);1-2H3;1H2. The molecule has 3 heterocycles. The van der Waals surface area contributed by atoms with Crippen molar-refractivity contribution in [3.63, 3.8) is 0 Å². The highest BCUT2D eigenvalue weighted by Crippen LogP contribution is 2.39. The summed E-state index contributed by atoms with van der Waals surface area (Å²) in [7, 11) is 3.64. The SMILES string of the molecule is C=O.CC.CCC(C)ON1CCc2c(nc(Nc3ccc(-n4cnc(Cl)c4)c(OC)c3)nc2N(C)CC)C1c1ccc(F)cc1. The van der Waals surface area contributed by atoms with Gasteiger partial charge in [0.15, 0.2) is 0 Å². The van der Waals surface area contributed by atoms with Crippen molar-refractivity contribution < 1.29 is 18.8 Å². The van der Waals surface area contributed by atoms with Crippen LogP contribution in [0.15, 0.2) is 55.0 Å². The first-order valence-electron chi connectivity index (χ1n) is 15.1. The average molecular weight is 640 g/mol. The van der Waals surface area contributed by atoms with E-state index in [0.29, 0.717) is 23.4 Å². The van der Waals surface area contributed by atoms with Crippen LogP contribution < -0.4 is 15.0 Å². The van der Waals surface area contributed by atoms with Gasteiger partial charge >= 0.3 is 0 Å². The van der Waals surface area contributed by atoms with E-state index >= 15 is 0 Å². The zero-order valence-corrected chi connectivity index (χ0v) is 27.8. The van der Waals surface area contributed by atoms with Crippen LogP contribution in [0.4, 0.5) is 21.8 Å². The minimum Gasteiger partial charge on any atom is -0.494 e. The van der Waals surface area contributed by atoms with Gasteiger partial charge in [-0.1, -0.05) is 44.5 Å². The number of hydrogen-bond acceptors (Lipinski definition) is 9. The molecular weight excluding hydrogens is 597 g/mol. The van der Waals surface area contributed by atoms with Gasteiger partial charge in [-0.05, 0) is 56.5 Å². The summed E-state index contributed by atoms with van der Waals surface area (Å²) in [5, 5.41) is 5.75. The number of fused-ring (bicyclic) bond motifs is 1. The minimum absolute atomic E-state index is 0.0214. The molecule has 0 aliphatic carbocycles. The predicted molar refractivity (Wildman–Crippen MR) is 177 cm³/mol. The van der Waals surface area contributed by atoms with Crippen molar-refractivity contribution in [3.05, 3.63) is 82.8 Å². The van der Waals surface area contributed by atoms with E-state index in [9.17, 15) is 4.39 Å². The predicted octanol–water partition coefficient (Wildman–Crippen LogP) is 7.18. The molecule has 5 rings (SSSR count). The first kappa shape index (κ1) is 35.4. The number of halogens is 2. The summed E-state index contributed by atoms with van der Waals surface area (Å²) in [6.07, 6.45) is 4.96. The summed E-state index contributed by atoms with van der Waals surface area (Å²) < 4.78 is 21.4. The Hall–Kier alpha value is -4.06. The summed E-state index contributed by atoms with van der Waals surface area (Å²) in [4.78, 5) is 30.6. The normalized spacial score (nSPS) is 14.6. The quantitative estimate of drug-likeness (QED) is 0.193. The highest BCUT2D eigenvalue weighted by Gasteiger charge is 2.35. The lowest BCUT2D eigenvalue weighted by Crippen LogP contribution is -2.40. The number of rotatable bonds is 10. The van der Waals surface area contributed by atoms with E-state index in [0.717, 1.165) is 53.4 Å². The third-order valence-corrected chi connectivity index (χ3v) is 7.52. The zero-order valence-electron chi connectivity index (χ0n) is 27.1. The van der Waals surface area contributed by atoms with Gasteiger partial charge < -0.3 is 24.3 Å². The Morgan fingerprint density at radius 2 is 1.87 bits per heavy atom. The number of ether oxygens (including phenoxy) is 1. The molecule has 4 aromatic rings. The second kappa shape index (κ2) is 16.9. The summed E-state index contributed by atoms with van der Waals surface area (Å²) in [6, 6.07) is 11.9. The van der Waals surface area contributed by atoms with Crippen LogP contribution in [0, 0.1) is 5.82 Å². The van der Waals surface area contributed by atoms with Crippen LogP contribution in [0.3, 0.4) is 0 Å². The third-order valence-electron chi connectivity index (χ3n) is 7.32. The van der Waals surface area contributed by atoms with E-state index in [2.05, 4.69) is 36.0 Å². The first-order valence-corrected chi connectivity index (χ1v) is 15.4. The molecule has 1 aliphatic heterocycles. The van der Waals surface area contributed by atoms with Crippen LogP contribution in [0.5, 0.6) is 5.75 Å². The van der Waals surface area contributed by atoms with Crippen LogP contribution in [0.1, 0.15) is 63.9 Å². The number of hydroxylamine groups is 2. The summed E-state index contributed by atoms with van der Waals surface area (Å²) >= 11 is 6.03. The Bertz CT molecular complexity index is 1520. The zero-order chi connectivity index (χ0) is 33.1. The Morgan fingerprint density at radius 3 is 2.47 bits per heavy atom. The minimum atomic E-state index is -0.330. The van der Waals surface area contributed by atoms with Crippen LogP contribution >= 0.6 is 11.6 Å². The Labute approximate surface area is 270 Å². The molecule has 2 atom stereocenters. The van der Waals surface area contributed by atoms with Gasteiger partial charge in [-0.15, -0.1) is 0 Å². The van der Waals surface area contributed by atoms with Gasteiger partial charge in [0.25, 0.3) is 0 Å². The smallest absolute Gasteiger partial charge is 0.229 e. The number of carbonyl (C=O) groups excluding carboxylic acids is 1. The lowest BCUT2D eigenvalue weighted by molar-refractivity contribution is -0.215. The summed E-state index contributed by atoms with van der Waals surface area (Å²) in [6.45, 7) is 13.7. The van der Waals surface area contributed by atoms with Crippen LogP contribution in [0.2, 0.25) is 5.15 Å². The molecule has 12 heteroatoms. The van der Waals surface area contributed by atoms with Gasteiger partial charge in [0, 0.05) is 43.7 Å². The van der Waals surface area contributed by atoms with Crippen LogP contribution in [0.25, 0.3) is 5.69 Å². The maximum atomic E-state index is 13.9. The molecule has 1 aliphatic rings. The number of nitrogens with zero attached hydrogens (tertiary/aromatic N) is 6. The number of aromatic nitrogens is 4. The van der Waals surface area contributed by atoms with Crippen molar-refractivity contribution in [2.45, 2.75) is 59.6 Å². The van der Waals surface area contributed by atoms with Crippen molar-refractivity contribution in [2.75, 3.05) is 37.5 Å². The van der Waals surface area contributed by atoms with E-state index in [1.807, 2.05) is 50.9 Å². The summed E-state index contributed by atoms with van der Waals surface area (Å²) in [5.74, 6) is 1.64. The van der Waals surface area contributed by atoms with Gasteiger partial charge in [-0.2, -0.15) is 10.0 Å².